The van der Waals surface area contributed by atoms with Crippen LogP contribution in [0.2, 0.25) is 0 Å². The Morgan fingerprint density at radius 3 is 2.27 bits per heavy atom. The van der Waals surface area contributed by atoms with Gasteiger partial charge in [-0.25, -0.2) is 17.5 Å². The number of hydrogen-bond donors (Lipinski definition) is 1. The molecule has 2 rings (SSSR count). The first-order valence-electron chi connectivity index (χ1n) is 6.74. The van der Waals surface area contributed by atoms with Gasteiger partial charge in [0.25, 0.3) is 0 Å². The van der Waals surface area contributed by atoms with E-state index in [1.807, 2.05) is 0 Å². The second kappa shape index (κ2) is 6.56. The molecule has 0 saturated carbocycles. The molecule has 22 heavy (non-hydrogen) atoms. The molecule has 118 valence electrons. The molecule has 6 heteroatoms. The topological polar surface area (TPSA) is 55.4 Å². The largest absolute Gasteiger partial charge is 0.372 e. The predicted octanol–water partition coefficient (Wildman–Crippen LogP) is 2.67. The number of methoxy groups -OCH3 is 1. The summed E-state index contributed by atoms with van der Waals surface area (Å²) in [5, 5.41) is 0. The fourth-order valence-corrected chi connectivity index (χ4v) is 3.23. The van der Waals surface area contributed by atoms with Crippen molar-refractivity contribution in [1.82, 2.24) is 4.72 Å². The van der Waals surface area contributed by atoms with E-state index in [1.165, 1.54) is 25.3 Å². The average Bonchev–Trinajstić information content (AvgIpc) is 2.54. The highest BCUT2D eigenvalue weighted by molar-refractivity contribution is 7.89. The van der Waals surface area contributed by atoms with Crippen LogP contribution < -0.4 is 4.72 Å². The highest BCUT2D eigenvalue weighted by atomic mass is 32.2. The Bertz CT molecular complexity index is 734. The molecule has 0 heterocycles. The van der Waals surface area contributed by atoms with Gasteiger partial charge in [0.15, 0.2) is 0 Å². The molecular formula is C16H18FNO3S. The van der Waals surface area contributed by atoms with E-state index >= 15 is 0 Å². The summed E-state index contributed by atoms with van der Waals surface area (Å²) in [6.07, 6.45) is 0. The summed E-state index contributed by atoms with van der Waals surface area (Å²) in [5.41, 5.74) is -0.805. The highest BCUT2D eigenvalue weighted by Crippen LogP contribution is 2.26. The van der Waals surface area contributed by atoms with Gasteiger partial charge in [0, 0.05) is 19.2 Å². The van der Waals surface area contributed by atoms with Crippen LogP contribution in [0.1, 0.15) is 12.5 Å². The third kappa shape index (κ3) is 3.52. The van der Waals surface area contributed by atoms with Crippen LogP contribution in [0.4, 0.5) is 4.39 Å². The highest BCUT2D eigenvalue weighted by Gasteiger charge is 2.31. The number of halogens is 1. The van der Waals surface area contributed by atoms with E-state index in [0.29, 0.717) is 5.56 Å². The van der Waals surface area contributed by atoms with Crippen molar-refractivity contribution >= 4 is 10.0 Å². The summed E-state index contributed by atoms with van der Waals surface area (Å²) in [6, 6.07) is 14.2. The summed E-state index contributed by atoms with van der Waals surface area (Å²) >= 11 is 0. The Labute approximate surface area is 130 Å². The van der Waals surface area contributed by atoms with E-state index in [9.17, 15) is 12.8 Å². The Morgan fingerprint density at radius 2 is 1.68 bits per heavy atom. The molecule has 0 aliphatic heterocycles. The maximum atomic E-state index is 14.0. The molecule has 0 aliphatic carbocycles. The molecule has 0 bridgehead atoms. The number of ether oxygens (including phenoxy) is 1. The molecule has 0 saturated heterocycles. The minimum absolute atomic E-state index is 0.0817. The van der Waals surface area contributed by atoms with Crippen molar-refractivity contribution in [3.8, 4) is 0 Å². The molecule has 0 amide bonds. The van der Waals surface area contributed by atoms with Crippen molar-refractivity contribution < 1.29 is 17.5 Å². The third-order valence-corrected chi connectivity index (χ3v) is 4.96. The maximum absolute atomic E-state index is 14.0. The van der Waals surface area contributed by atoms with Crippen LogP contribution in [0.5, 0.6) is 0 Å². The smallest absolute Gasteiger partial charge is 0.240 e. The minimum atomic E-state index is -3.68. The monoisotopic (exact) mass is 323 g/mol. The van der Waals surface area contributed by atoms with Crippen molar-refractivity contribution in [1.29, 1.82) is 0 Å². The second-order valence-corrected chi connectivity index (χ2v) is 6.82. The third-order valence-electron chi connectivity index (χ3n) is 3.55. The van der Waals surface area contributed by atoms with Gasteiger partial charge >= 0.3 is 0 Å². The van der Waals surface area contributed by atoms with Gasteiger partial charge in [-0.2, -0.15) is 0 Å². The summed E-state index contributed by atoms with van der Waals surface area (Å²) in [7, 11) is -2.26. The fourth-order valence-electron chi connectivity index (χ4n) is 2.08. The first-order chi connectivity index (χ1) is 10.4. The lowest BCUT2D eigenvalue weighted by Crippen LogP contribution is -2.40. The summed E-state index contributed by atoms with van der Waals surface area (Å²) in [5.74, 6) is -0.439. The lowest BCUT2D eigenvalue weighted by atomic mass is 9.95. The number of hydrogen-bond acceptors (Lipinski definition) is 3. The zero-order valence-corrected chi connectivity index (χ0v) is 13.2. The Kier molecular flexibility index (Phi) is 4.95. The van der Waals surface area contributed by atoms with Gasteiger partial charge in [-0.05, 0) is 25.1 Å². The standard InChI is InChI=1S/C16H18FNO3S/c1-16(21-2,14-10-6-7-11-15(14)17)12-18-22(19,20)13-8-4-3-5-9-13/h3-11,18H,12H2,1-2H3/t16-/m0/s1. The summed E-state index contributed by atoms with van der Waals surface area (Å²) in [6.45, 7) is 1.56. The molecule has 0 aromatic heterocycles. The van der Waals surface area contributed by atoms with Crippen LogP contribution in [0.25, 0.3) is 0 Å². The maximum Gasteiger partial charge on any atom is 0.240 e. The van der Waals surface area contributed by atoms with Gasteiger partial charge in [-0.3, -0.25) is 0 Å². The number of nitrogens with one attached hydrogen (secondary N) is 1. The van der Waals surface area contributed by atoms with E-state index in [1.54, 1.807) is 43.3 Å². The van der Waals surface area contributed by atoms with Crippen LogP contribution in [0.3, 0.4) is 0 Å². The Morgan fingerprint density at radius 1 is 1.09 bits per heavy atom. The van der Waals surface area contributed by atoms with Gasteiger partial charge < -0.3 is 4.74 Å². The quantitative estimate of drug-likeness (QED) is 0.889. The minimum Gasteiger partial charge on any atom is -0.372 e. The van der Waals surface area contributed by atoms with Crippen LogP contribution in [0, 0.1) is 5.82 Å². The van der Waals surface area contributed by atoms with Crippen molar-refractivity contribution in [3.05, 3.63) is 66.0 Å². The Hall–Kier alpha value is -1.76. The van der Waals surface area contributed by atoms with Gasteiger partial charge in [0.05, 0.1) is 4.90 Å². The van der Waals surface area contributed by atoms with Gasteiger partial charge in [-0.15, -0.1) is 0 Å². The molecule has 0 unspecified atom stereocenters. The molecule has 1 N–H and O–H groups in total. The molecule has 1 atom stereocenters. The van der Waals surface area contributed by atoms with E-state index in [2.05, 4.69) is 4.72 Å². The second-order valence-electron chi connectivity index (χ2n) is 5.05. The van der Waals surface area contributed by atoms with Crippen molar-refractivity contribution in [3.63, 3.8) is 0 Å². The van der Waals surface area contributed by atoms with Crippen LogP contribution in [-0.4, -0.2) is 22.1 Å². The predicted molar refractivity (Wildman–Crippen MR) is 82.4 cm³/mol. The summed E-state index contributed by atoms with van der Waals surface area (Å²) in [4.78, 5) is 0.155. The molecule has 2 aromatic rings. The lowest BCUT2D eigenvalue weighted by Gasteiger charge is -2.29. The number of rotatable bonds is 6. The fraction of sp³-hybridized carbons (Fsp3) is 0.250. The molecule has 0 spiro atoms. The van der Waals surface area contributed by atoms with Crippen LogP contribution in [0.15, 0.2) is 59.5 Å². The van der Waals surface area contributed by atoms with Gasteiger partial charge in [0.2, 0.25) is 10.0 Å². The lowest BCUT2D eigenvalue weighted by molar-refractivity contribution is 0.00410. The zero-order valence-electron chi connectivity index (χ0n) is 12.4. The summed E-state index contributed by atoms with van der Waals surface area (Å²) < 4.78 is 46.3. The van der Waals surface area contributed by atoms with Gasteiger partial charge in [-0.1, -0.05) is 36.4 Å². The molecule has 2 aromatic carbocycles. The first kappa shape index (κ1) is 16.6. The van der Waals surface area contributed by atoms with Gasteiger partial charge in [0.1, 0.15) is 11.4 Å². The number of sulfonamides is 1. The molecule has 0 aliphatic rings. The molecule has 0 fully saturated rings. The van der Waals surface area contributed by atoms with E-state index in [4.69, 9.17) is 4.74 Å². The van der Waals surface area contributed by atoms with Crippen LogP contribution >= 0.6 is 0 Å². The first-order valence-corrected chi connectivity index (χ1v) is 8.22. The molecule has 4 nitrogen and oxygen atoms in total. The average molecular weight is 323 g/mol. The SMILES string of the molecule is CO[C@@](C)(CNS(=O)(=O)c1ccccc1)c1ccccc1F. The normalized spacial score (nSPS) is 14.5. The zero-order chi connectivity index (χ0) is 16.2. The van der Waals surface area contributed by atoms with E-state index < -0.39 is 21.4 Å². The number of benzene rings is 2. The van der Waals surface area contributed by atoms with Crippen LogP contribution in [-0.2, 0) is 20.4 Å². The van der Waals surface area contributed by atoms with E-state index in [0.717, 1.165) is 0 Å². The Balaban J connectivity index is 2.23. The van der Waals surface area contributed by atoms with Crippen molar-refractivity contribution in [2.24, 2.45) is 0 Å². The molecule has 0 radical (unpaired) electrons. The van der Waals surface area contributed by atoms with Crippen molar-refractivity contribution in [2.75, 3.05) is 13.7 Å². The van der Waals surface area contributed by atoms with E-state index in [-0.39, 0.29) is 11.4 Å². The van der Waals surface area contributed by atoms with Crippen molar-refractivity contribution in [2.45, 2.75) is 17.4 Å². The molecular weight excluding hydrogens is 305 g/mol.